The van der Waals surface area contributed by atoms with Crippen LogP contribution in [0, 0.1) is 0 Å². The minimum atomic E-state index is -0.852. The monoisotopic (exact) mass is 1030 g/mol. The van der Waals surface area contributed by atoms with Crippen molar-refractivity contribution in [2.75, 3.05) is 13.2 Å². The molecule has 0 aromatic carbocycles. The van der Waals surface area contributed by atoms with E-state index in [0.717, 1.165) is 51.4 Å². The average molecular weight is 1030 g/mol. The fourth-order valence-corrected chi connectivity index (χ4v) is 10.1. The molecule has 0 aliphatic carbocycles. The molecule has 0 saturated heterocycles. The number of unbranched alkanes of at least 4 members (excludes halogenated alkanes) is 46. The molecule has 0 fully saturated rings. The highest BCUT2D eigenvalue weighted by atomic mass is 16.5. The van der Waals surface area contributed by atoms with Crippen LogP contribution < -0.4 is 5.32 Å². The van der Waals surface area contributed by atoms with Gasteiger partial charge in [0.25, 0.3) is 0 Å². The van der Waals surface area contributed by atoms with Crippen LogP contribution in [0.1, 0.15) is 354 Å². The molecule has 0 aliphatic rings. The Bertz CT molecular complexity index is 1180. The fourth-order valence-electron chi connectivity index (χ4n) is 10.1. The predicted octanol–water partition coefficient (Wildman–Crippen LogP) is 20.8. The standard InChI is InChI=1S/C67H127NO5/c1-3-5-7-9-11-13-15-17-19-21-24-27-31-35-39-43-47-51-55-59-65(70)64(63-69)68-66(71)60-56-52-48-44-40-36-32-28-25-23-26-30-34-38-42-46-50-54-58-62-73-67(72)61-57-53-49-45-41-37-33-29-22-20-18-16-14-12-10-8-6-4-2/h20,22-23,25,55,59,64-65,69-70H,3-19,21,24,26-54,56-58,60-63H2,1-2H3,(H,68,71)/b22-20-,25-23-,59-55+. The molecule has 2 unspecified atom stereocenters. The van der Waals surface area contributed by atoms with Gasteiger partial charge in [0.05, 0.1) is 25.4 Å². The van der Waals surface area contributed by atoms with Gasteiger partial charge in [-0.25, -0.2) is 0 Å². The van der Waals surface area contributed by atoms with Gasteiger partial charge in [-0.3, -0.25) is 9.59 Å². The first-order valence-electron chi connectivity index (χ1n) is 32.8. The molecule has 0 aromatic rings. The third kappa shape index (κ3) is 59.2. The van der Waals surface area contributed by atoms with Crippen molar-refractivity contribution in [2.24, 2.45) is 0 Å². The van der Waals surface area contributed by atoms with Gasteiger partial charge in [0, 0.05) is 12.8 Å². The maximum Gasteiger partial charge on any atom is 0.305 e. The topological polar surface area (TPSA) is 95.9 Å². The number of carbonyl (C=O) groups is 2. The molecule has 0 bridgehead atoms. The molecule has 73 heavy (non-hydrogen) atoms. The number of amides is 1. The first kappa shape index (κ1) is 71.1. The highest BCUT2D eigenvalue weighted by Gasteiger charge is 2.18. The van der Waals surface area contributed by atoms with E-state index in [1.807, 2.05) is 6.08 Å². The third-order valence-corrected chi connectivity index (χ3v) is 15.1. The van der Waals surface area contributed by atoms with Crippen LogP contribution >= 0.6 is 0 Å². The average Bonchev–Trinajstić information content (AvgIpc) is 3.39. The fraction of sp³-hybridized carbons (Fsp3) is 0.881. The van der Waals surface area contributed by atoms with E-state index in [1.54, 1.807) is 6.08 Å². The van der Waals surface area contributed by atoms with Gasteiger partial charge in [0.1, 0.15) is 0 Å². The largest absolute Gasteiger partial charge is 0.466 e. The second-order valence-corrected chi connectivity index (χ2v) is 22.4. The summed E-state index contributed by atoms with van der Waals surface area (Å²) in [6.07, 6.45) is 79.0. The lowest BCUT2D eigenvalue weighted by Gasteiger charge is -2.20. The van der Waals surface area contributed by atoms with Crippen molar-refractivity contribution in [3.05, 3.63) is 36.5 Å². The Hall–Kier alpha value is -1.92. The van der Waals surface area contributed by atoms with Crippen molar-refractivity contribution < 1.29 is 24.5 Å². The lowest BCUT2D eigenvalue weighted by molar-refractivity contribution is -0.143. The number of aliphatic hydroxyl groups excluding tert-OH is 2. The second kappa shape index (κ2) is 62.6. The Kier molecular flexibility index (Phi) is 61.0. The highest BCUT2D eigenvalue weighted by molar-refractivity contribution is 5.76. The van der Waals surface area contributed by atoms with Crippen LogP contribution in [0.5, 0.6) is 0 Å². The molecule has 6 nitrogen and oxygen atoms in total. The van der Waals surface area contributed by atoms with Crippen molar-refractivity contribution in [2.45, 2.75) is 366 Å². The summed E-state index contributed by atoms with van der Waals surface area (Å²) in [6, 6.07) is -0.636. The number of hydrogen-bond acceptors (Lipinski definition) is 5. The van der Waals surface area contributed by atoms with E-state index in [-0.39, 0.29) is 18.5 Å². The number of aliphatic hydroxyl groups is 2. The highest BCUT2D eigenvalue weighted by Crippen LogP contribution is 2.17. The van der Waals surface area contributed by atoms with E-state index in [4.69, 9.17) is 4.74 Å². The van der Waals surface area contributed by atoms with E-state index >= 15 is 0 Å². The number of esters is 1. The molecular formula is C67H127NO5. The van der Waals surface area contributed by atoms with Gasteiger partial charge in [-0.15, -0.1) is 0 Å². The van der Waals surface area contributed by atoms with Crippen molar-refractivity contribution in [1.82, 2.24) is 5.32 Å². The summed E-state index contributed by atoms with van der Waals surface area (Å²) < 4.78 is 5.49. The van der Waals surface area contributed by atoms with E-state index in [2.05, 4.69) is 43.5 Å². The van der Waals surface area contributed by atoms with Crippen LogP contribution in [0.2, 0.25) is 0 Å². The molecule has 2 atom stereocenters. The smallest absolute Gasteiger partial charge is 0.305 e. The van der Waals surface area contributed by atoms with Crippen LogP contribution in [0.3, 0.4) is 0 Å². The number of rotatable bonds is 61. The molecule has 0 rings (SSSR count). The first-order valence-corrected chi connectivity index (χ1v) is 32.8. The summed E-state index contributed by atoms with van der Waals surface area (Å²) in [5.41, 5.74) is 0. The van der Waals surface area contributed by atoms with E-state index in [9.17, 15) is 19.8 Å². The van der Waals surface area contributed by atoms with Gasteiger partial charge in [0.15, 0.2) is 0 Å². The zero-order chi connectivity index (χ0) is 52.9. The SMILES string of the molecule is CCCCCCCCC/C=C\CCCCCCCCCC(=O)OCCCCCCCCCC/C=C\CCCCCCCCCC(=O)NC(CO)C(O)/C=C/CCCCCCCCCCCCCCCCCCC. The Labute approximate surface area is 455 Å². The quantitative estimate of drug-likeness (QED) is 0.0320. The molecule has 430 valence electrons. The number of carbonyl (C=O) groups excluding carboxylic acids is 2. The zero-order valence-corrected chi connectivity index (χ0v) is 49.1. The first-order chi connectivity index (χ1) is 36.0. The summed E-state index contributed by atoms with van der Waals surface area (Å²) in [6.45, 7) is 4.91. The molecule has 6 heteroatoms. The Morgan fingerprint density at radius 3 is 0.973 bits per heavy atom. The number of allylic oxidation sites excluding steroid dienone is 5. The molecular weight excluding hydrogens is 899 g/mol. The summed E-state index contributed by atoms with van der Waals surface area (Å²) in [5.74, 6) is -0.0746. The van der Waals surface area contributed by atoms with Gasteiger partial charge in [-0.1, -0.05) is 294 Å². The molecule has 1 amide bonds. The van der Waals surface area contributed by atoms with Gasteiger partial charge >= 0.3 is 5.97 Å². The molecule has 0 heterocycles. The van der Waals surface area contributed by atoms with E-state index in [0.29, 0.717) is 19.4 Å². The van der Waals surface area contributed by atoms with Crippen molar-refractivity contribution in [1.29, 1.82) is 0 Å². The maximum atomic E-state index is 12.5. The van der Waals surface area contributed by atoms with Gasteiger partial charge in [-0.05, 0) is 83.5 Å². The number of ether oxygens (including phenoxy) is 1. The van der Waals surface area contributed by atoms with Crippen molar-refractivity contribution in [3.63, 3.8) is 0 Å². The van der Waals surface area contributed by atoms with Crippen LogP contribution in [-0.2, 0) is 14.3 Å². The maximum absolute atomic E-state index is 12.5. The third-order valence-electron chi connectivity index (χ3n) is 15.1. The minimum absolute atomic E-state index is 0.000654. The Morgan fingerprint density at radius 2 is 0.644 bits per heavy atom. The summed E-state index contributed by atoms with van der Waals surface area (Å²) in [7, 11) is 0. The number of nitrogens with one attached hydrogen (secondary N) is 1. The minimum Gasteiger partial charge on any atom is -0.466 e. The van der Waals surface area contributed by atoms with E-state index < -0.39 is 12.1 Å². The van der Waals surface area contributed by atoms with Crippen molar-refractivity contribution >= 4 is 11.9 Å². The van der Waals surface area contributed by atoms with Crippen LogP contribution in [0.15, 0.2) is 36.5 Å². The molecule has 0 spiro atoms. The van der Waals surface area contributed by atoms with E-state index in [1.165, 1.54) is 276 Å². The normalized spacial score (nSPS) is 12.8. The Balaban J connectivity index is 3.46. The summed E-state index contributed by atoms with van der Waals surface area (Å²) in [5, 5.41) is 23.2. The summed E-state index contributed by atoms with van der Waals surface area (Å²) >= 11 is 0. The molecule has 0 aromatic heterocycles. The van der Waals surface area contributed by atoms with Crippen LogP contribution in [0.4, 0.5) is 0 Å². The lowest BCUT2D eigenvalue weighted by atomic mass is 10.0. The predicted molar refractivity (Wildman–Crippen MR) is 319 cm³/mol. The lowest BCUT2D eigenvalue weighted by Crippen LogP contribution is -2.45. The second-order valence-electron chi connectivity index (χ2n) is 22.4. The van der Waals surface area contributed by atoms with Crippen LogP contribution in [0.25, 0.3) is 0 Å². The van der Waals surface area contributed by atoms with Gasteiger partial charge < -0.3 is 20.3 Å². The Morgan fingerprint density at radius 1 is 0.370 bits per heavy atom. The molecule has 0 aliphatic heterocycles. The van der Waals surface area contributed by atoms with Crippen molar-refractivity contribution in [3.8, 4) is 0 Å². The van der Waals surface area contributed by atoms with Gasteiger partial charge in [-0.2, -0.15) is 0 Å². The van der Waals surface area contributed by atoms with Gasteiger partial charge in [0.2, 0.25) is 5.91 Å². The molecule has 3 N–H and O–H groups in total. The zero-order valence-electron chi connectivity index (χ0n) is 49.1. The summed E-state index contributed by atoms with van der Waals surface area (Å²) in [4.78, 5) is 24.6. The number of hydrogen-bond donors (Lipinski definition) is 3. The van der Waals surface area contributed by atoms with Crippen LogP contribution in [-0.4, -0.2) is 47.4 Å². The molecule has 0 radical (unpaired) electrons. The molecule has 0 saturated carbocycles.